The first-order valence-corrected chi connectivity index (χ1v) is 10.5. The van der Waals surface area contributed by atoms with E-state index in [0.717, 1.165) is 18.1 Å². The van der Waals surface area contributed by atoms with E-state index in [1.54, 1.807) is 25.2 Å². The number of hydrogen-bond donors (Lipinski definition) is 2. The molecular formula is C20H28N4O3S. The van der Waals surface area contributed by atoms with Gasteiger partial charge in [-0.15, -0.1) is 0 Å². The van der Waals surface area contributed by atoms with E-state index < -0.39 is 10.0 Å². The molecule has 0 heterocycles. The Balaban J connectivity index is 1.99. The Hall–Kier alpha value is -2.42. The van der Waals surface area contributed by atoms with Gasteiger partial charge in [0.15, 0.2) is 5.96 Å². The number of hydrogen-bond acceptors (Lipinski definition) is 4. The number of nitrogens with zero attached hydrogens (tertiary/aromatic N) is 2. The van der Waals surface area contributed by atoms with Crippen LogP contribution in [0.3, 0.4) is 0 Å². The van der Waals surface area contributed by atoms with Gasteiger partial charge in [0, 0.05) is 40.8 Å². The van der Waals surface area contributed by atoms with Gasteiger partial charge in [-0.25, -0.2) is 13.1 Å². The lowest BCUT2D eigenvalue weighted by atomic mass is 10.2. The fourth-order valence-electron chi connectivity index (χ4n) is 2.68. The van der Waals surface area contributed by atoms with Crippen LogP contribution in [0.5, 0.6) is 0 Å². The van der Waals surface area contributed by atoms with Crippen LogP contribution in [-0.2, 0) is 27.8 Å². The molecule has 0 amide bonds. The molecule has 0 saturated carbocycles. The van der Waals surface area contributed by atoms with Crippen LogP contribution in [0.25, 0.3) is 0 Å². The molecule has 0 aliphatic rings. The molecule has 2 aromatic rings. The van der Waals surface area contributed by atoms with Crippen molar-refractivity contribution < 1.29 is 13.2 Å². The zero-order chi connectivity index (χ0) is 20.4. The molecule has 0 atom stereocenters. The van der Waals surface area contributed by atoms with Crippen LogP contribution in [0.1, 0.15) is 11.1 Å². The van der Waals surface area contributed by atoms with Crippen LogP contribution < -0.4 is 10.0 Å². The van der Waals surface area contributed by atoms with Gasteiger partial charge in [-0.05, 0) is 23.3 Å². The Morgan fingerprint density at radius 3 is 2.50 bits per heavy atom. The molecule has 0 aromatic heterocycles. The molecule has 0 unspecified atom stereocenters. The quantitative estimate of drug-likeness (QED) is 0.378. The molecule has 0 radical (unpaired) electrons. The maximum absolute atomic E-state index is 12.3. The summed E-state index contributed by atoms with van der Waals surface area (Å²) in [6.07, 6.45) is 0. The zero-order valence-corrected chi connectivity index (χ0v) is 17.4. The smallest absolute Gasteiger partial charge is 0.240 e. The van der Waals surface area contributed by atoms with Gasteiger partial charge >= 0.3 is 0 Å². The number of guanidine groups is 1. The Bertz CT molecular complexity index is 870. The van der Waals surface area contributed by atoms with Crippen LogP contribution in [0.2, 0.25) is 0 Å². The number of rotatable bonds is 9. The summed E-state index contributed by atoms with van der Waals surface area (Å²) in [6, 6.07) is 17.0. The maximum atomic E-state index is 12.3. The van der Waals surface area contributed by atoms with Gasteiger partial charge in [0.05, 0.1) is 11.5 Å². The van der Waals surface area contributed by atoms with Crippen LogP contribution in [0.4, 0.5) is 0 Å². The largest absolute Gasteiger partial charge is 0.383 e. The van der Waals surface area contributed by atoms with Crippen molar-refractivity contribution in [1.82, 2.24) is 14.9 Å². The molecule has 0 aliphatic carbocycles. The van der Waals surface area contributed by atoms with E-state index in [1.165, 1.54) is 12.7 Å². The van der Waals surface area contributed by atoms with Gasteiger partial charge in [-0.2, -0.15) is 0 Å². The molecule has 28 heavy (non-hydrogen) atoms. The molecule has 7 nitrogen and oxygen atoms in total. The topological polar surface area (TPSA) is 83.0 Å². The van der Waals surface area contributed by atoms with Crippen molar-refractivity contribution in [2.75, 3.05) is 34.4 Å². The van der Waals surface area contributed by atoms with Crippen molar-refractivity contribution in [3.8, 4) is 0 Å². The fraction of sp³-hybridized carbons (Fsp3) is 0.350. The second-order valence-electron chi connectivity index (χ2n) is 6.28. The Morgan fingerprint density at radius 2 is 1.82 bits per heavy atom. The minimum atomic E-state index is -3.55. The highest BCUT2D eigenvalue weighted by molar-refractivity contribution is 7.89. The highest BCUT2D eigenvalue weighted by atomic mass is 32.2. The highest BCUT2D eigenvalue weighted by Crippen LogP contribution is 2.11. The van der Waals surface area contributed by atoms with E-state index in [4.69, 9.17) is 4.74 Å². The van der Waals surface area contributed by atoms with Crippen LogP contribution in [-0.4, -0.2) is 53.6 Å². The average Bonchev–Trinajstić information content (AvgIpc) is 2.69. The van der Waals surface area contributed by atoms with Crippen LogP contribution >= 0.6 is 0 Å². The van der Waals surface area contributed by atoms with Gasteiger partial charge in [0.1, 0.15) is 0 Å². The molecule has 152 valence electrons. The molecule has 0 fully saturated rings. The molecule has 0 bridgehead atoms. The minimum absolute atomic E-state index is 0.232. The Morgan fingerprint density at radius 1 is 1.11 bits per heavy atom. The van der Waals surface area contributed by atoms with Crippen molar-refractivity contribution in [1.29, 1.82) is 0 Å². The van der Waals surface area contributed by atoms with Crippen molar-refractivity contribution in [2.24, 2.45) is 4.99 Å². The minimum Gasteiger partial charge on any atom is -0.383 e. The van der Waals surface area contributed by atoms with E-state index >= 15 is 0 Å². The number of methoxy groups -OCH3 is 1. The van der Waals surface area contributed by atoms with Crippen LogP contribution in [0.15, 0.2) is 64.5 Å². The second-order valence-corrected chi connectivity index (χ2v) is 8.05. The van der Waals surface area contributed by atoms with E-state index in [9.17, 15) is 8.42 Å². The molecular weight excluding hydrogens is 376 g/mol. The average molecular weight is 405 g/mol. The van der Waals surface area contributed by atoms with Crippen molar-refractivity contribution in [3.05, 3.63) is 65.7 Å². The van der Waals surface area contributed by atoms with Gasteiger partial charge in [0.25, 0.3) is 0 Å². The molecule has 2 N–H and O–H groups in total. The summed E-state index contributed by atoms with van der Waals surface area (Å²) in [6.45, 7) is 1.74. The third kappa shape index (κ3) is 6.63. The lowest BCUT2D eigenvalue weighted by Crippen LogP contribution is -2.38. The summed E-state index contributed by atoms with van der Waals surface area (Å²) in [7, 11) is 1.66. The third-order valence-corrected chi connectivity index (χ3v) is 5.55. The molecule has 8 heteroatoms. The van der Waals surface area contributed by atoms with Gasteiger partial charge in [-0.1, -0.05) is 42.5 Å². The summed E-state index contributed by atoms with van der Waals surface area (Å²) in [5.74, 6) is 0.732. The highest BCUT2D eigenvalue weighted by Gasteiger charge is 2.14. The first-order chi connectivity index (χ1) is 13.5. The number of benzene rings is 2. The van der Waals surface area contributed by atoms with E-state index in [-0.39, 0.29) is 11.4 Å². The first kappa shape index (κ1) is 21.9. The molecule has 0 spiro atoms. The van der Waals surface area contributed by atoms with Gasteiger partial charge in [-0.3, -0.25) is 4.99 Å². The van der Waals surface area contributed by atoms with E-state index in [0.29, 0.717) is 13.2 Å². The summed E-state index contributed by atoms with van der Waals surface area (Å²) in [5, 5.41) is 3.28. The lowest BCUT2D eigenvalue weighted by Gasteiger charge is -2.22. The summed E-state index contributed by atoms with van der Waals surface area (Å²) in [5.41, 5.74) is 2.03. The number of nitrogens with one attached hydrogen (secondary N) is 2. The van der Waals surface area contributed by atoms with E-state index in [2.05, 4.69) is 27.2 Å². The Labute approximate surface area is 167 Å². The zero-order valence-electron chi connectivity index (χ0n) is 16.6. The van der Waals surface area contributed by atoms with Crippen molar-refractivity contribution in [3.63, 3.8) is 0 Å². The van der Waals surface area contributed by atoms with Gasteiger partial charge in [0.2, 0.25) is 10.0 Å². The Kier molecular flexibility index (Phi) is 8.43. The lowest BCUT2D eigenvalue weighted by molar-refractivity contribution is 0.204. The molecule has 2 rings (SSSR count). The monoisotopic (exact) mass is 404 g/mol. The van der Waals surface area contributed by atoms with Crippen molar-refractivity contribution in [2.45, 2.75) is 18.0 Å². The molecule has 2 aromatic carbocycles. The standard InChI is InChI=1S/C20H28N4O3S/c1-21-20(24(2)16-17-8-5-4-6-9-17)22-15-18-10-7-11-19(14-18)28(25,26)23-12-13-27-3/h4-11,14,23H,12-13,15-16H2,1-3H3,(H,21,22). The number of aliphatic imine (C=N–C) groups is 1. The predicted molar refractivity (Wildman–Crippen MR) is 112 cm³/mol. The SMILES string of the molecule is CN=C(NCc1cccc(S(=O)(=O)NCCOC)c1)N(C)Cc1ccccc1. The summed E-state index contributed by atoms with van der Waals surface area (Å²) in [4.78, 5) is 6.56. The fourth-order valence-corrected chi connectivity index (χ4v) is 3.77. The number of sulfonamides is 1. The summed E-state index contributed by atoms with van der Waals surface area (Å²) < 4.78 is 32.1. The first-order valence-electron chi connectivity index (χ1n) is 8.99. The maximum Gasteiger partial charge on any atom is 0.240 e. The summed E-state index contributed by atoms with van der Waals surface area (Å²) >= 11 is 0. The number of ether oxygens (including phenoxy) is 1. The molecule has 0 aliphatic heterocycles. The molecule has 0 saturated heterocycles. The van der Waals surface area contributed by atoms with Crippen molar-refractivity contribution >= 4 is 16.0 Å². The van der Waals surface area contributed by atoms with Gasteiger partial charge < -0.3 is 15.0 Å². The normalized spacial score (nSPS) is 12.0. The third-order valence-electron chi connectivity index (χ3n) is 4.09. The van der Waals surface area contributed by atoms with Crippen LogP contribution in [0, 0.1) is 0 Å². The predicted octanol–water partition coefficient (Wildman–Crippen LogP) is 1.82. The van der Waals surface area contributed by atoms with E-state index in [1.807, 2.05) is 36.2 Å². The second kappa shape index (κ2) is 10.8.